The molecular weight excluding hydrogens is 370 g/mol. The second-order valence-corrected chi connectivity index (χ2v) is 7.49. The molecule has 1 heterocycles. The first-order chi connectivity index (χ1) is 13.0. The van der Waals surface area contributed by atoms with Crippen molar-refractivity contribution in [3.05, 3.63) is 52.1 Å². The van der Waals surface area contributed by atoms with Crippen LogP contribution in [0, 0.1) is 10.1 Å². The molecule has 0 saturated heterocycles. The SMILES string of the molecule is CN(C)C(=O)c1ccc(-c2ccc([N+](=O)[O-])c(NC3(C)CC(F)(F)C3)n2)cc1. The van der Waals surface area contributed by atoms with Crippen molar-refractivity contribution in [1.82, 2.24) is 9.88 Å². The predicted octanol–water partition coefficient (Wildman–Crippen LogP) is 3.96. The summed E-state index contributed by atoms with van der Waals surface area (Å²) >= 11 is 0. The van der Waals surface area contributed by atoms with Crippen molar-refractivity contribution in [1.29, 1.82) is 0 Å². The van der Waals surface area contributed by atoms with E-state index in [1.165, 1.54) is 17.0 Å². The number of nitrogens with one attached hydrogen (secondary N) is 1. The molecule has 2 aromatic rings. The van der Waals surface area contributed by atoms with Crippen LogP contribution in [-0.4, -0.2) is 46.3 Å². The second kappa shape index (κ2) is 6.81. The molecule has 9 heteroatoms. The van der Waals surface area contributed by atoms with Gasteiger partial charge in [0.1, 0.15) is 0 Å². The average Bonchev–Trinajstić information content (AvgIpc) is 2.58. The number of carbonyl (C=O) groups is 1. The van der Waals surface area contributed by atoms with Crippen molar-refractivity contribution >= 4 is 17.4 Å². The van der Waals surface area contributed by atoms with E-state index in [4.69, 9.17) is 0 Å². The van der Waals surface area contributed by atoms with Crippen molar-refractivity contribution < 1.29 is 18.5 Å². The van der Waals surface area contributed by atoms with Crippen molar-refractivity contribution in [3.8, 4) is 11.3 Å². The highest BCUT2D eigenvalue weighted by molar-refractivity contribution is 5.94. The molecule has 0 radical (unpaired) electrons. The predicted molar refractivity (Wildman–Crippen MR) is 101 cm³/mol. The van der Waals surface area contributed by atoms with Crippen LogP contribution in [0.3, 0.4) is 0 Å². The Hall–Kier alpha value is -3.10. The summed E-state index contributed by atoms with van der Waals surface area (Å²) < 4.78 is 26.5. The van der Waals surface area contributed by atoms with Gasteiger partial charge in [0.2, 0.25) is 5.82 Å². The highest BCUT2D eigenvalue weighted by Crippen LogP contribution is 2.47. The number of alkyl halides is 2. The van der Waals surface area contributed by atoms with Crippen LogP contribution >= 0.6 is 0 Å². The van der Waals surface area contributed by atoms with Gasteiger partial charge >= 0.3 is 5.69 Å². The van der Waals surface area contributed by atoms with Crippen LogP contribution in [0.5, 0.6) is 0 Å². The fourth-order valence-electron chi connectivity index (χ4n) is 3.36. The third-order valence-electron chi connectivity index (χ3n) is 4.62. The van der Waals surface area contributed by atoms with E-state index >= 15 is 0 Å². The smallest absolute Gasteiger partial charge is 0.311 e. The normalized spacial score (nSPS) is 16.8. The number of benzene rings is 1. The minimum Gasteiger partial charge on any atom is -0.359 e. The Labute approximate surface area is 160 Å². The van der Waals surface area contributed by atoms with E-state index in [0.29, 0.717) is 16.8 Å². The number of hydrogen-bond acceptors (Lipinski definition) is 5. The summed E-state index contributed by atoms with van der Waals surface area (Å²) in [7, 11) is 3.30. The molecule has 0 aliphatic heterocycles. The maximum absolute atomic E-state index is 13.3. The van der Waals surface area contributed by atoms with Gasteiger partial charge in [-0.1, -0.05) is 12.1 Å². The Kier molecular flexibility index (Phi) is 4.78. The molecule has 0 spiro atoms. The zero-order chi connectivity index (χ0) is 20.7. The Morgan fingerprint density at radius 2 is 1.79 bits per heavy atom. The van der Waals surface area contributed by atoms with Gasteiger partial charge in [-0.15, -0.1) is 0 Å². The molecule has 0 unspecified atom stereocenters. The quantitative estimate of drug-likeness (QED) is 0.617. The summed E-state index contributed by atoms with van der Waals surface area (Å²) in [5, 5.41) is 14.1. The molecule has 1 aliphatic rings. The van der Waals surface area contributed by atoms with E-state index in [2.05, 4.69) is 10.3 Å². The van der Waals surface area contributed by atoms with Crippen molar-refractivity contribution in [2.45, 2.75) is 31.2 Å². The van der Waals surface area contributed by atoms with Gasteiger partial charge in [-0.3, -0.25) is 14.9 Å². The van der Waals surface area contributed by atoms with E-state index in [0.717, 1.165) is 0 Å². The van der Waals surface area contributed by atoms with Crippen molar-refractivity contribution in [3.63, 3.8) is 0 Å². The van der Waals surface area contributed by atoms with Crippen LogP contribution < -0.4 is 5.32 Å². The Morgan fingerprint density at radius 1 is 1.18 bits per heavy atom. The standard InChI is InChI=1S/C19H20F2N4O3/c1-18(10-19(20,21)11-18)23-16-15(25(27)28)9-8-14(22-16)12-4-6-13(7-5-12)17(26)24(2)3/h4-9H,10-11H2,1-3H3,(H,22,23). The van der Waals surface area contributed by atoms with Crippen LogP contribution in [0.1, 0.15) is 30.1 Å². The zero-order valence-corrected chi connectivity index (χ0v) is 15.7. The maximum atomic E-state index is 13.3. The molecule has 1 aliphatic carbocycles. The number of hydrogen-bond donors (Lipinski definition) is 1. The molecule has 1 aromatic carbocycles. The molecular formula is C19H20F2N4O3. The molecule has 148 valence electrons. The number of halogens is 2. The highest BCUT2D eigenvalue weighted by Gasteiger charge is 2.54. The molecule has 1 saturated carbocycles. The first kappa shape index (κ1) is 19.7. The van der Waals surface area contributed by atoms with E-state index in [9.17, 15) is 23.7 Å². The minimum absolute atomic E-state index is 0.0473. The topological polar surface area (TPSA) is 88.4 Å². The number of nitro groups is 1. The summed E-state index contributed by atoms with van der Waals surface area (Å²) in [4.78, 5) is 28.4. The Balaban J connectivity index is 1.91. The average molecular weight is 390 g/mol. The van der Waals surface area contributed by atoms with Crippen molar-refractivity contribution in [2.24, 2.45) is 0 Å². The molecule has 1 amide bonds. The molecule has 0 bridgehead atoms. The van der Waals surface area contributed by atoms with Crippen LogP contribution in [0.4, 0.5) is 20.3 Å². The largest absolute Gasteiger partial charge is 0.359 e. The number of rotatable bonds is 5. The monoisotopic (exact) mass is 390 g/mol. The van der Waals surface area contributed by atoms with Crippen LogP contribution in [0.25, 0.3) is 11.3 Å². The lowest BCUT2D eigenvalue weighted by Crippen LogP contribution is -2.54. The van der Waals surface area contributed by atoms with Gasteiger partial charge in [-0.05, 0) is 25.1 Å². The number of carbonyl (C=O) groups excluding carboxylic acids is 1. The number of nitrogens with zero attached hydrogens (tertiary/aromatic N) is 3. The number of amides is 1. The summed E-state index contributed by atoms with van der Waals surface area (Å²) in [6, 6.07) is 9.44. The highest BCUT2D eigenvalue weighted by atomic mass is 19.3. The second-order valence-electron chi connectivity index (χ2n) is 7.49. The molecule has 1 N–H and O–H groups in total. The van der Waals surface area contributed by atoms with Gasteiger partial charge < -0.3 is 10.2 Å². The number of aromatic nitrogens is 1. The molecule has 1 aromatic heterocycles. The third-order valence-corrected chi connectivity index (χ3v) is 4.62. The van der Waals surface area contributed by atoms with E-state index in [1.807, 2.05) is 0 Å². The summed E-state index contributed by atoms with van der Waals surface area (Å²) in [5.74, 6) is -2.97. The van der Waals surface area contributed by atoms with Gasteiger partial charge in [0, 0.05) is 49.7 Å². The summed E-state index contributed by atoms with van der Waals surface area (Å²) in [6.07, 6.45) is -0.825. The van der Waals surface area contributed by atoms with Gasteiger partial charge in [0.15, 0.2) is 0 Å². The van der Waals surface area contributed by atoms with Crippen LogP contribution in [0.2, 0.25) is 0 Å². The van der Waals surface area contributed by atoms with Gasteiger partial charge in [-0.25, -0.2) is 13.8 Å². The zero-order valence-electron chi connectivity index (χ0n) is 15.7. The van der Waals surface area contributed by atoms with E-state index < -0.39 is 29.2 Å². The number of anilines is 1. The van der Waals surface area contributed by atoms with E-state index in [1.54, 1.807) is 45.3 Å². The first-order valence-corrected chi connectivity index (χ1v) is 8.63. The number of pyridine rings is 1. The van der Waals surface area contributed by atoms with Crippen LogP contribution in [-0.2, 0) is 0 Å². The van der Waals surface area contributed by atoms with Gasteiger partial charge in [-0.2, -0.15) is 0 Å². The Morgan fingerprint density at radius 3 is 2.29 bits per heavy atom. The van der Waals surface area contributed by atoms with E-state index in [-0.39, 0.29) is 17.4 Å². The maximum Gasteiger partial charge on any atom is 0.311 e. The van der Waals surface area contributed by atoms with Gasteiger partial charge in [0.25, 0.3) is 11.8 Å². The fourth-order valence-corrected chi connectivity index (χ4v) is 3.36. The third kappa shape index (κ3) is 3.92. The molecule has 28 heavy (non-hydrogen) atoms. The molecule has 7 nitrogen and oxygen atoms in total. The summed E-state index contributed by atoms with van der Waals surface area (Å²) in [5.41, 5.74) is 0.351. The fraction of sp³-hybridized carbons (Fsp3) is 0.368. The molecule has 0 atom stereocenters. The molecule has 1 fully saturated rings. The summed E-state index contributed by atoms with van der Waals surface area (Å²) in [6.45, 7) is 1.59. The van der Waals surface area contributed by atoms with Crippen molar-refractivity contribution in [2.75, 3.05) is 19.4 Å². The van der Waals surface area contributed by atoms with Crippen LogP contribution in [0.15, 0.2) is 36.4 Å². The lowest BCUT2D eigenvalue weighted by atomic mass is 9.75. The minimum atomic E-state index is -2.77. The molecule has 3 rings (SSSR count). The first-order valence-electron chi connectivity index (χ1n) is 8.63. The van der Waals surface area contributed by atoms with Gasteiger partial charge in [0.05, 0.1) is 10.6 Å². The Bertz CT molecular complexity index is 921. The lowest BCUT2D eigenvalue weighted by Gasteiger charge is -2.45. The lowest BCUT2D eigenvalue weighted by molar-refractivity contribution is -0.384.